The maximum atomic E-state index is 4.58. The van der Waals surface area contributed by atoms with Crippen molar-refractivity contribution in [3.63, 3.8) is 0 Å². The molecule has 0 saturated carbocycles. The standard InChI is InChI=1S/C20H26N4/c1-15-8-10-18(11-9-15)23-20-22-16(2)14-19(24-20)21-13-12-17-6-4-3-5-7-17/h6,8-11,14H,3-5,7,12-13H2,1-2H3,(H2,21,22,23,24). The van der Waals surface area contributed by atoms with Crippen LogP contribution in [0.2, 0.25) is 0 Å². The van der Waals surface area contributed by atoms with E-state index in [4.69, 9.17) is 0 Å². The first-order valence-corrected chi connectivity index (χ1v) is 8.80. The highest BCUT2D eigenvalue weighted by Gasteiger charge is 2.05. The Morgan fingerprint density at radius 3 is 2.62 bits per heavy atom. The highest BCUT2D eigenvalue weighted by molar-refractivity contribution is 5.55. The fourth-order valence-electron chi connectivity index (χ4n) is 2.96. The van der Waals surface area contributed by atoms with Gasteiger partial charge in [0.1, 0.15) is 5.82 Å². The minimum absolute atomic E-state index is 0.637. The van der Waals surface area contributed by atoms with Crippen molar-refractivity contribution in [1.82, 2.24) is 9.97 Å². The van der Waals surface area contributed by atoms with Crippen molar-refractivity contribution in [3.8, 4) is 0 Å². The van der Waals surface area contributed by atoms with Crippen molar-refractivity contribution in [1.29, 1.82) is 0 Å². The van der Waals surface area contributed by atoms with Crippen LogP contribution in [0.5, 0.6) is 0 Å². The molecule has 1 aliphatic carbocycles. The molecule has 1 heterocycles. The summed E-state index contributed by atoms with van der Waals surface area (Å²) in [5.41, 5.74) is 4.78. The van der Waals surface area contributed by atoms with Gasteiger partial charge in [-0.2, -0.15) is 4.98 Å². The summed E-state index contributed by atoms with van der Waals surface area (Å²) in [4.78, 5) is 9.06. The van der Waals surface area contributed by atoms with Crippen molar-refractivity contribution in [2.75, 3.05) is 17.2 Å². The molecule has 126 valence electrons. The average Bonchev–Trinajstić information content (AvgIpc) is 2.57. The van der Waals surface area contributed by atoms with Crippen LogP contribution in [0.15, 0.2) is 42.0 Å². The molecule has 0 fully saturated rings. The number of aryl methyl sites for hydroxylation is 2. The minimum atomic E-state index is 0.637. The Morgan fingerprint density at radius 1 is 1.04 bits per heavy atom. The monoisotopic (exact) mass is 322 g/mol. The van der Waals surface area contributed by atoms with Gasteiger partial charge in [-0.15, -0.1) is 0 Å². The van der Waals surface area contributed by atoms with Crippen LogP contribution in [0.3, 0.4) is 0 Å². The van der Waals surface area contributed by atoms with Crippen molar-refractivity contribution in [2.45, 2.75) is 46.0 Å². The van der Waals surface area contributed by atoms with E-state index >= 15 is 0 Å². The molecule has 1 aliphatic rings. The molecule has 0 saturated heterocycles. The van der Waals surface area contributed by atoms with Crippen LogP contribution < -0.4 is 10.6 Å². The van der Waals surface area contributed by atoms with Gasteiger partial charge in [-0.05, 0) is 58.1 Å². The van der Waals surface area contributed by atoms with Crippen LogP contribution in [0.1, 0.15) is 43.4 Å². The summed E-state index contributed by atoms with van der Waals surface area (Å²) in [6, 6.07) is 10.2. The van der Waals surface area contributed by atoms with Gasteiger partial charge in [0, 0.05) is 24.0 Å². The van der Waals surface area contributed by atoms with Gasteiger partial charge in [0.2, 0.25) is 5.95 Å². The Hall–Kier alpha value is -2.36. The third-order valence-corrected chi connectivity index (χ3v) is 4.30. The van der Waals surface area contributed by atoms with Crippen LogP contribution in [-0.2, 0) is 0 Å². The quantitative estimate of drug-likeness (QED) is 0.723. The summed E-state index contributed by atoms with van der Waals surface area (Å²) in [5.74, 6) is 1.52. The molecule has 1 aromatic carbocycles. The zero-order chi connectivity index (χ0) is 16.8. The Labute approximate surface area is 144 Å². The first-order valence-electron chi connectivity index (χ1n) is 8.80. The Balaban J connectivity index is 1.60. The number of nitrogens with one attached hydrogen (secondary N) is 2. The van der Waals surface area contributed by atoms with Crippen molar-refractivity contribution < 1.29 is 0 Å². The molecule has 0 radical (unpaired) electrons. The number of nitrogens with zero attached hydrogens (tertiary/aromatic N) is 2. The van der Waals surface area contributed by atoms with Gasteiger partial charge >= 0.3 is 0 Å². The maximum absolute atomic E-state index is 4.58. The second-order valence-corrected chi connectivity index (χ2v) is 6.49. The van der Waals surface area contributed by atoms with Crippen molar-refractivity contribution >= 4 is 17.5 Å². The predicted molar refractivity (Wildman–Crippen MR) is 101 cm³/mol. The molecule has 2 aromatic rings. The molecule has 0 aliphatic heterocycles. The van der Waals surface area contributed by atoms with Crippen LogP contribution in [-0.4, -0.2) is 16.5 Å². The molecule has 1 aromatic heterocycles. The maximum Gasteiger partial charge on any atom is 0.229 e. The SMILES string of the molecule is Cc1ccc(Nc2nc(C)cc(NCCC3=CCCCC3)n2)cc1. The lowest BCUT2D eigenvalue weighted by molar-refractivity contribution is 0.679. The topological polar surface area (TPSA) is 49.8 Å². The smallest absolute Gasteiger partial charge is 0.229 e. The summed E-state index contributed by atoms with van der Waals surface area (Å²) in [6.07, 6.45) is 8.68. The lowest BCUT2D eigenvalue weighted by atomic mass is 9.97. The van der Waals surface area contributed by atoms with Crippen LogP contribution in [0.25, 0.3) is 0 Å². The molecule has 0 bridgehead atoms. The van der Waals surface area contributed by atoms with E-state index < -0.39 is 0 Å². The number of hydrogen-bond donors (Lipinski definition) is 2. The molecule has 24 heavy (non-hydrogen) atoms. The molecular formula is C20H26N4. The summed E-state index contributed by atoms with van der Waals surface area (Å²) in [5, 5.41) is 6.71. The van der Waals surface area contributed by atoms with Gasteiger partial charge in [-0.1, -0.05) is 29.3 Å². The van der Waals surface area contributed by atoms with E-state index in [0.29, 0.717) is 5.95 Å². The third kappa shape index (κ3) is 4.82. The van der Waals surface area contributed by atoms with Gasteiger partial charge in [-0.3, -0.25) is 0 Å². The van der Waals surface area contributed by atoms with E-state index in [1.165, 1.54) is 31.2 Å². The zero-order valence-corrected chi connectivity index (χ0v) is 14.6. The predicted octanol–water partition coefficient (Wildman–Crippen LogP) is 5.14. The van der Waals surface area contributed by atoms with Gasteiger partial charge in [0.15, 0.2) is 0 Å². The number of rotatable bonds is 6. The largest absolute Gasteiger partial charge is 0.370 e. The lowest BCUT2D eigenvalue weighted by Gasteiger charge is -2.14. The first-order chi connectivity index (χ1) is 11.7. The molecule has 0 unspecified atom stereocenters. The van der Waals surface area contributed by atoms with Gasteiger partial charge in [0.05, 0.1) is 0 Å². The third-order valence-electron chi connectivity index (χ3n) is 4.30. The molecule has 4 nitrogen and oxygen atoms in total. The summed E-state index contributed by atoms with van der Waals surface area (Å²) in [6.45, 7) is 5.00. The second kappa shape index (κ2) is 7.95. The van der Waals surface area contributed by atoms with Crippen molar-refractivity contribution in [2.24, 2.45) is 0 Å². The Morgan fingerprint density at radius 2 is 1.88 bits per heavy atom. The van der Waals surface area contributed by atoms with Crippen LogP contribution >= 0.6 is 0 Å². The number of aromatic nitrogens is 2. The molecule has 0 spiro atoms. The summed E-state index contributed by atoms with van der Waals surface area (Å²) >= 11 is 0. The van der Waals surface area contributed by atoms with Crippen LogP contribution in [0.4, 0.5) is 17.5 Å². The lowest BCUT2D eigenvalue weighted by Crippen LogP contribution is -2.08. The average molecular weight is 322 g/mol. The normalized spacial score (nSPS) is 14.2. The van der Waals surface area contributed by atoms with E-state index in [1.54, 1.807) is 5.57 Å². The molecule has 4 heteroatoms. The fraction of sp³-hybridized carbons (Fsp3) is 0.400. The highest BCUT2D eigenvalue weighted by atomic mass is 15.1. The Bertz CT molecular complexity index is 704. The number of hydrogen-bond acceptors (Lipinski definition) is 4. The number of allylic oxidation sites excluding steroid dienone is 1. The highest BCUT2D eigenvalue weighted by Crippen LogP contribution is 2.20. The molecule has 0 amide bonds. The minimum Gasteiger partial charge on any atom is -0.370 e. The molecule has 0 atom stereocenters. The van der Waals surface area contributed by atoms with E-state index in [0.717, 1.165) is 30.2 Å². The van der Waals surface area contributed by atoms with Gasteiger partial charge < -0.3 is 10.6 Å². The molecular weight excluding hydrogens is 296 g/mol. The number of anilines is 3. The van der Waals surface area contributed by atoms with Gasteiger partial charge in [-0.25, -0.2) is 4.98 Å². The fourth-order valence-corrected chi connectivity index (χ4v) is 2.96. The first kappa shape index (κ1) is 16.5. The van der Waals surface area contributed by atoms with E-state index in [1.807, 2.05) is 25.1 Å². The zero-order valence-electron chi connectivity index (χ0n) is 14.6. The number of benzene rings is 1. The van der Waals surface area contributed by atoms with E-state index in [2.05, 4.69) is 45.7 Å². The van der Waals surface area contributed by atoms with Gasteiger partial charge in [0.25, 0.3) is 0 Å². The summed E-state index contributed by atoms with van der Waals surface area (Å²) < 4.78 is 0. The Kier molecular flexibility index (Phi) is 5.47. The van der Waals surface area contributed by atoms with Crippen molar-refractivity contribution in [3.05, 3.63) is 53.2 Å². The second-order valence-electron chi connectivity index (χ2n) is 6.49. The molecule has 3 rings (SSSR count). The van der Waals surface area contributed by atoms with Crippen LogP contribution in [0, 0.1) is 13.8 Å². The van der Waals surface area contributed by atoms with E-state index in [9.17, 15) is 0 Å². The summed E-state index contributed by atoms with van der Waals surface area (Å²) in [7, 11) is 0. The van der Waals surface area contributed by atoms with E-state index in [-0.39, 0.29) is 0 Å². The molecule has 2 N–H and O–H groups in total.